The maximum absolute atomic E-state index is 12.9. The topological polar surface area (TPSA) is 83.4 Å². The van der Waals surface area contributed by atoms with Gasteiger partial charge < -0.3 is 10.0 Å². The molecule has 29 heavy (non-hydrogen) atoms. The van der Waals surface area contributed by atoms with E-state index in [-0.39, 0.29) is 17.9 Å². The van der Waals surface area contributed by atoms with Crippen LogP contribution in [0.4, 0.5) is 0 Å². The second-order valence-corrected chi connectivity index (χ2v) is 6.99. The highest BCUT2D eigenvalue weighted by molar-refractivity contribution is 6.46. The summed E-state index contributed by atoms with van der Waals surface area (Å²) in [4.78, 5) is 35.6. The van der Waals surface area contributed by atoms with Gasteiger partial charge in [-0.3, -0.25) is 19.6 Å². The van der Waals surface area contributed by atoms with Crippen molar-refractivity contribution in [2.75, 3.05) is 0 Å². The third kappa shape index (κ3) is 3.62. The summed E-state index contributed by atoms with van der Waals surface area (Å²) in [7, 11) is 0. The number of nitrogens with zero attached hydrogens (tertiary/aromatic N) is 3. The number of Topliss-reactive ketones (excluding diaryl/α,β-unsaturated/α-hetero) is 1. The van der Waals surface area contributed by atoms with Gasteiger partial charge in [0, 0.05) is 35.7 Å². The molecule has 1 aliphatic rings. The van der Waals surface area contributed by atoms with Crippen LogP contribution in [-0.2, 0) is 16.1 Å². The number of aliphatic hydroxyl groups excluding tert-OH is 1. The smallest absolute Gasteiger partial charge is 0.296 e. The van der Waals surface area contributed by atoms with Crippen molar-refractivity contribution in [3.63, 3.8) is 0 Å². The van der Waals surface area contributed by atoms with E-state index in [1.165, 1.54) is 4.90 Å². The van der Waals surface area contributed by atoms with Gasteiger partial charge in [0.05, 0.1) is 11.3 Å². The van der Waals surface area contributed by atoms with Crippen LogP contribution in [0.15, 0.2) is 78.8 Å². The molecule has 1 atom stereocenters. The average Bonchev–Trinajstić information content (AvgIpc) is 3.00. The molecule has 1 amide bonds. The van der Waals surface area contributed by atoms with Gasteiger partial charge >= 0.3 is 0 Å². The molecule has 0 radical (unpaired) electrons. The van der Waals surface area contributed by atoms with E-state index in [9.17, 15) is 14.7 Å². The maximum atomic E-state index is 12.9. The van der Waals surface area contributed by atoms with Crippen LogP contribution in [0.1, 0.15) is 22.9 Å². The molecule has 1 saturated heterocycles. The van der Waals surface area contributed by atoms with Crippen LogP contribution in [-0.4, -0.2) is 31.7 Å². The Balaban J connectivity index is 1.85. The number of hydrogen-bond donors (Lipinski definition) is 1. The van der Waals surface area contributed by atoms with Crippen molar-refractivity contribution in [2.45, 2.75) is 12.6 Å². The van der Waals surface area contributed by atoms with Gasteiger partial charge in [-0.15, -0.1) is 0 Å². The Morgan fingerprint density at radius 3 is 2.48 bits per heavy atom. The summed E-state index contributed by atoms with van der Waals surface area (Å²) in [6.07, 6.45) is 4.85. The number of amides is 1. The standard InChI is InChI=1S/C22H16ClN3O3/c23-16-8-6-15(7-9-16)20(27)18-19(17-5-1-2-11-25-17)26(22(29)21(18)28)13-14-4-3-10-24-12-14/h1-12,19,27H,13H2/t19-/m1/s1. The van der Waals surface area contributed by atoms with Gasteiger partial charge in [-0.2, -0.15) is 0 Å². The van der Waals surface area contributed by atoms with Crippen LogP contribution >= 0.6 is 11.6 Å². The van der Waals surface area contributed by atoms with Crippen molar-refractivity contribution in [1.82, 2.24) is 14.9 Å². The van der Waals surface area contributed by atoms with Gasteiger partial charge in [-0.25, -0.2) is 0 Å². The number of aliphatic hydroxyl groups is 1. The Hall–Kier alpha value is -3.51. The maximum Gasteiger partial charge on any atom is 0.296 e. The van der Waals surface area contributed by atoms with Gasteiger partial charge in [0.25, 0.3) is 11.7 Å². The van der Waals surface area contributed by atoms with Crippen LogP contribution in [0, 0.1) is 0 Å². The lowest BCUT2D eigenvalue weighted by molar-refractivity contribution is -0.140. The fourth-order valence-corrected chi connectivity index (χ4v) is 3.47. The number of carbonyl (C=O) groups excluding carboxylic acids is 2. The Labute approximate surface area is 172 Å². The van der Waals surface area contributed by atoms with E-state index in [0.717, 1.165) is 5.56 Å². The van der Waals surface area contributed by atoms with Crippen molar-refractivity contribution in [1.29, 1.82) is 0 Å². The van der Waals surface area contributed by atoms with E-state index in [0.29, 0.717) is 16.3 Å². The largest absolute Gasteiger partial charge is 0.507 e. The fraction of sp³-hybridized carbons (Fsp3) is 0.0909. The number of pyridine rings is 2. The van der Waals surface area contributed by atoms with Crippen LogP contribution in [0.2, 0.25) is 5.02 Å². The molecule has 3 heterocycles. The van der Waals surface area contributed by atoms with E-state index in [1.807, 2.05) is 6.07 Å². The van der Waals surface area contributed by atoms with E-state index in [1.54, 1.807) is 67.1 Å². The van der Waals surface area contributed by atoms with E-state index in [2.05, 4.69) is 9.97 Å². The Morgan fingerprint density at radius 2 is 1.83 bits per heavy atom. The molecular weight excluding hydrogens is 390 g/mol. The molecule has 144 valence electrons. The van der Waals surface area contributed by atoms with Crippen molar-refractivity contribution < 1.29 is 14.7 Å². The molecule has 7 heteroatoms. The normalized spacial score (nSPS) is 18.2. The molecule has 1 aromatic carbocycles. The molecule has 0 aliphatic carbocycles. The van der Waals surface area contributed by atoms with Gasteiger partial charge in [-0.1, -0.05) is 23.7 Å². The highest BCUT2D eigenvalue weighted by Gasteiger charge is 2.46. The molecule has 0 saturated carbocycles. The lowest BCUT2D eigenvalue weighted by Gasteiger charge is -2.24. The number of ketones is 1. The minimum absolute atomic E-state index is 0.0000808. The van der Waals surface area contributed by atoms with E-state index >= 15 is 0 Å². The summed E-state index contributed by atoms with van der Waals surface area (Å²) < 4.78 is 0. The molecule has 3 aromatic rings. The van der Waals surface area contributed by atoms with Crippen molar-refractivity contribution in [2.24, 2.45) is 0 Å². The average molecular weight is 406 g/mol. The molecule has 4 rings (SSSR count). The Kier molecular flexibility index (Phi) is 5.10. The van der Waals surface area contributed by atoms with Gasteiger partial charge in [-0.05, 0) is 48.0 Å². The quantitative estimate of drug-likeness (QED) is 0.406. The van der Waals surface area contributed by atoms with Crippen molar-refractivity contribution in [3.05, 3.63) is 101 Å². The zero-order chi connectivity index (χ0) is 20.4. The molecule has 1 fully saturated rings. The van der Waals surface area contributed by atoms with E-state index < -0.39 is 17.7 Å². The van der Waals surface area contributed by atoms with E-state index in [4.69, 9.17) is 11.6 Å². The summed E-state index contributed by atoms with van der Waals surface area (Å²) >= 11 is 5.92. The van der Waals surface area contributed by atoms with Crippen molar-refractivity contribution in [3.8, 4) is 0 Å². The molecule has 0 unspecified atom stereocenters. The molecule has 1 aliphatic heterocycles. The first-order chi connectivity index (χ1) is 14.1. The number of aromatic nitrogens is 2. The predicted octanol–water partition coefficient (Wildman–Crippen LogP) is 3.75. The third-order valence-electron chi connectivity index (χ3n) is 4.70. The van der Waals surface area contributed by atoms with Crippen molar-refractivity contribution >= 4 is 29.1 Å². The lowest BCUT2D eigenvalue weighted by Crippen LogP contribution is -2.29. The summed E-state index contributed by atoms with van der Waals surface area (Å²) in [5.74, 6) is -1.71. The number of hydrogen-bond acceptors (Lipinski definition) is 5. The van der Waals surface area contributed by atoms with Crippen LogP contribution in [0.3, 0.4) is 0 Å². The van der Waals surface area contributed by atoms with Crippen LogP contribution in [0.25, 0.3) is 5.76 Å². The first-order valence-corrected chi connectivity index (χ1v) is 9.28. The van der Waals surface area contributed by atoms with Gasteiger partial charge in [0.15, 0.2) is 0 Å². The second-order valence-electron chi connectivity index (χ2n) is 6.55. The number of rotatable bonds is 4. The summed E-state index contributed by atoms with van der Waals surface area (Å²) in [6, 6.07) is 14.4. The molecule has 1 N–H and O–H groups in total. The first kappa shape index (κ1) is 18.8. The number of carbonyl (C=O) groups is 2. The minimum atomic E-state index is -0.813. The molecule has 6 nitrogen and oxygen atoms in total. The highest BCUT2D eigenvalue weighted by atomic mass is 35.5. The number of halogens is 1. The first-order valence-electron chi connectivity index (χ1n) is 8.90. The molecule has 0 spiro atoms. The molecule has 2 aromatic heterocycles. The second kappa shape index (κ2) is 7.85. The highest BCUT2D eigenvalue weighted by Crippen LogP contribution is 2.39. The van der Waals surface area contributed by atoms with Crippen LogP contribution in [0.5, 0.6) is 0 Å². The number of likely N-dealkylation sites (tertiary alicyclic amines) is 1. The van der Waals surface area contributed by atoms with Gasteiger partial charge in [0.2, 0.25) is 0 Å². The summed E-state index contributed by atoms with van der Waals surface area (Å²) in [5, 5.41) is 11.4. The summed E-state index contributed by atoms with van der Waals surface area (Å²) in [5.41, 5.74) is 1.66. The zero-order valence-electron chi connectivity index (χ0n) is 15.2. The van der Waals surface area contributed by atoms with Gasteiger partial charge in [0.1, 0.15) is 11.8 Å². The Morgan fingerprint density at radius 1 is 1.03 bits per heavy atom. The third-order valence-corrected chi connectivity index (χ3v) is 4.95. The SMILES string of the molecule is O=C1C(=O)N(Cc2cccnc2)[C@H](c2ccccn2)C1=C(O)c1ccc(Cl)cc1. The minimum Gasteiger partial charge on any atom is -0.507 e. The predicted molar refractivity (Wildman–Crippen MR) is 108 cm³/mol. The zero-order valence-corrected chi connectivity index (χ0v) is 16.0. The molecular formula is C22H16ClN3O3. The molecule has 0 bridgehead atoms. The Bertz CT molecular complexity index is 1080. The number of benzene rings is 1. The monoisotopic (exact) mass is 405 g/mol. The van der Waals surface area contributed by atoms with Crippen LogP contribution < -0.4 is 0 Å². The fourth-order valence-electron chi connectivity index (χ4n) is 3.34. The summed E-state index contributed by atoms with van der Waals surface area (Å²) in [6.45, 7) is 0.164. The lowest BCUT2D eigenvalue weighted by atomic mass is 9.98.